The highest BCUT2D eigenvalue weighted by molar-refractivity contribution is 4.87. The topological polar surface area (TPSA) is 15.3 Å². The molecule has 2 atom stereocenters. The van der Waals surface area contributed by atoms with Crippen LogP contribution in [0.3, 0.4) is 0 Å². The van der Waals surface area contributed by atoms with Crippen molar-refractivity contribution in [2.24, 2.45) is 0 Å². The van der Waals surface area contributed by atoms with Crippen LogP contribution in [0.4, 0.5) is 0 Å². The van der Waals surface area contributed by atoms with Crippen molar-refractivity contribution in [3.63, 3.8) is 0 Å². The molecule has 1 aliphatic rings. The summed E-state index contributed by atoms with van der Waals surface area (Å²) >= 11 is 0. The average Bonchev–Trinajstić information content (AvgIpc) is 2.33. The van der Waals surface area contributed by atoms with Gasteiger partial charge in [-0.2, -0.15) is 0 Å². The van der Waals surface area contributed by atoms with Gasteiger partial charge in [-0.3, -0.25) is 0 Å². The summed E-state index contributed by atoms with van der Waals surface area (Å²) in [7, 11) is 6.40. The predicted molar refractivity (Wildman–Crippen MR) is 44.2 cm³/mol. The number of hydrogen-bond donors (Lipinski definition) is 1. The molecule has 1 aliphatic carbocycles. The first-order valence-corrected chi connectivity index (χ1v) is 4.09. The highest BCUT2D eigenvalue weighted by Gasteiger charge is 2.26. The first-order chi connectivity index (χ1) is 4.75. The Hall–Kier alpha value is -0.0800. The van der Waals surface area contributed by atoms with Gasteiger partial charge < -0.3 is 10.2 Å². The van der Waals surface area contributed by atoms with Crippen molar-refractivity contribution in [3.05, 3.63) is 0 Å². The van der Waals surface area contributed by atoms with Crippen molar-refractivity contribution in [2.45, 2.75) is 31.3 Å². The van der Waals surface area contributed by atoms with E-state index in [1.165, 1.54) is 19.3 Å². The first-order valence-electron chi connectivity index (χ1n) is 4.09. The van der Waals surface area contributed by atoms with Crippen molar-refractivity contribution in [1.82, 2.24) is 10.2 Å². The van der Waals surface area contributed by atoms with E-state index in [2.05, 4.69) is 31.4 Å². The van der Waals surface area contributed by atoms with Crippen LogP contribution in [0, 0.1) is 0 Å². The Bertz CT molecular complexity index is 101. The molecule has 0 heterocycles. The standard InChI is InChI=1S/C8H18N2/c1-9-7-5-4-6-8(7)10(2)3/h7-9H,4-6H2,1-3H3/t7-,8+/m0/s1. The molecule has 0 aromatic rings. The molecule has 0 aliphatic heterocycles. The Balaban J connectivity index is 2.42. The average molecular weight is 142 g/mol. The second-order valence-corrected chi connectivity index (χ2v) is 3.36. The van der Waals surface area contributed by atoms with E-state index in [0.29, 0.717) is 0 Å². The molecule has 0 spiro atoms. The first kappa shape index (κ1) is 8.02. The van der Waals surface area contributed by atoms with Crippen LogP contribution in [0.2, 0.25) is 0 Å². The third-order valence-electron chi connectivity index (χ3n) is 2.51. The molecular weight excluding hydrogens is 124 g/mol. The monoisotopic (exact) mass is 142 g/mol. The van der Waals surface area contributed by atoms with Crippen LogP contribution in [0.5, 0.6) is 0 Å². The van der Waals surface area contributed by atoms with E-state index >= 15 is 0 Å². The molecule has 0 aromatic carbocycles. The highest BCUT2D eigenvalue weighted by atomic mass is 15.1. The van der Waals surface area contributed by atoms with Gasteiger partial charge in [-0.15, -0.1) is 0 Å². The minimum absolute atomic E-state index is 0.731. The number of nitrogens with zero attached hydrogens (tertiary/aromatic N) is 1. The Kier molecular flexibility index (Phi) is 2.69. The molecule has 60 valence electrons. The van der Waals surface area contributed by atoms with Crippen molar-refractivity contribution in [3.8, 4) is 0 Å². The van der Waals surface area contributed by atoms with E-state index in [-0.39, 0.29) is 0 Å². The molecule has 10 heavy (non-hydrogen) atoms. The minimum Gasteiger partial charge on any atom is -0.315 e. The molecule has 1 N–H and O–H groups in total. The molecule has 0 saturated heterocycles. The van der Waals surface area contributed by atoms with Gasteiger partial charge in [0.05, 0.1) is 0 Å². The lowest BCUT2D eigenvalue weighted by atomic mass is 10.1. The van der Waals surface area contributed by atoms with Gasteiger partial charge in [0.15, 0.2) is 0 Å². The van der Waals surface area contributed by atoms with E-state index < -0.39 is 0 Å². The fourth-order valence-corrected chi connectivity index (χ4v) is 1.90. The fourth-order valence-electron chi connectivity index (χ4n) is 1.90. The molecule has 1 fully saturated rings. The quantitative estimate of drug-likeness (QED) is 0.610. The van der Waals surface area contributed by atoms with Gasteiger partial charge in [-0.25, -0.2) is 0 Å². The van der Waals surface area contributed by atoms with Crippen LogP contribution in [-0.2, 0) is 0 Å². The zero-order valence-electron chi connectivity index (χ0n) is 7.22. The molecule has 0 radical (unpaired) electrons. The van der Waals surface area contributed by atoms with E-state index in [1.54, 1.807) is 0 Å². The van der Waals surface area contributed by atoms with Crippen molar-refractivity contribution < 1.29 is 0 Å². The zero-order chi connectivity index (χ0) is 7.56. The van der Waals surface area contributed by atoms with Crippen LogP contribution in [-0.4, -0.2) is 38.1 Å². The molecule has 1 rings (SSSR count). The SMILES string of the molecule is CN[C@H]1CCC[C@H]1N(C)C. The summed E-state index contributed by atoms with van der Waals surface area (Å²) in [6, 6.07) is 1.50. The van der Waals surface area contributed by atoms with Crippen molar-refractivity contribution >= 4 is 0 Å². The second-order valence-electron chi connectivity index (χ2n) is 3.36. The van der Waals surface area contributed by atoms with Gasteiger partial charge in [0, 0.05) is 12.1 Å². The lowest BCUT2D eigenvalue weighted by molar-refractivity contribution is 0.259. The summed E-state index contributed by atoms with van der Waals surface area (Å²) in [5.74, 6) is 0. The molecule has 0 aromatic heterocycles. The maximum Gasteiger partial charge on any atom is 0.0243 e. The normalized spacial score (nSPS) is 33.6. The number of hydrogen-bond acceptors (Lipinski definition) is 2. The lowest BCUT2D eigenvalue weighted by Gasteiger charge is -2.25. The maximum absolute atomic E-state index is 3.35. The Labute approximate surface area is 63.6 Å². The number of likely N-dealkylation sites (N-methyl/N-ethyl adjacent to an activating group) is 2. The summed E-state index contributed by atoms with van der Waals surface area (Å²) < 4.78 is 0. The van der Waals surface area contributed by atoms with E-state index in [9.17, 15) is 0 Å². The lowest BCUT2D eigenvalue weighted by Crippen LogP contribution is -2.41. The molecule has 0 amide bonds. The largest absolute Gasteiger partial charge is 0.315 e. The van der Waals surface area contributed by atoms with Crippen LogP contribution in [0.1, 0.15) is 19.3 Å². The van der Waals surface area contributed by atoms with Crippen LogP contribution < -0.4 is 5.32 Å². The highest BCUT2D eigenvalue weighted by Crippen LogP contribution is 2.21. The number of rotatable bonds is 2. The molecule has 2 nitrogen and oxygen atoms in total. The Morgan fingerprint density at radius 3 is 2.40 bits per heavy atom. The molecule has 2 heteroatoms. The smallest absolute Gasteiger partial charge is 0.0243 e. The van der Waals surface area contributed by atoms with Crippen molar-refractivity contribution in [1.29, 1.82) is 0 Å². The third kappa shape index (κ3) is 1.50. The summed E-state index contributed by atoms with van der Waals surface area (Å²) in [5.41, 5.74) is 0. The van der Waals surface area contributed by atoms with Gasteiger partial charge in [0.2, 0.25) is 0 Å². The summed E-state index contributed by atoms with van der Waals surface area (Å²) in [6.07, 6.45) is 4.09. The van der Waals surface area contributed by atoms with Crippen LogP contribution >= 0.6 is 0 Å². The molecule has 0 bridgehead atoms. The summed E-state index contributed by atoms with van der Waals surface area (Å²) in [4.78, 5) is 2.33. The second kappa shape index (κ2) is 3.35. The third-order valence-corrected chi connectivity index (χ3v) is 2.51. The summed E-state index contributed by atoms with van der Waals surface area (Å²) in [6.45, 7) is 0. The molecule has 0 unspecified atom stereocenters. The Morgan fingerprint density at radius 2 is 2.00 bits per heavy atom. The fraction of sp³-hybridized carbons (Fsp3) is 1.00. The predicted octanol–water partition coefficient (Wildman–Crippen LogP) is 0.688. The number of nitrogens with one attached hydrogen (secondary N) is 1. The molecule has 1 saturated carbocycles. The van der Waals surface area contributed by atoms with Gasteiger partial charge in [0.1, 0.15) is 0 Å². The van der Waals surface area contributed by atoms with Crippen molar-refractivity contribution in [2.75, 3.05) is 21.1 Å². The van der Waals surface area contributed by atoms with Gasteiger partial charge >= 0.3 is 0 Å². The van der Waals surface area contributed by atoms with E-state index in [1.807, 2.05) is 0 Å². The van der Waals surface area contributed by atoms with E-state index in [0.717, 1.165) is 12.1 Å². The Morgan fingerprint density at radius 1 is 1.30 bits per heavy atom. The van der Waals surface area contributed by atoms with Crippen LogP contribution in [0.15, 0.2) is 0 Å². The zero-order valence-corrected chi connectivity index (χ0v) is 7.22. The minimum atomic E-state index is 0.731. The maximum atomic E-state index is 3.35. The van der Waals surface area contributed by atoms with Gasteiger partial charge in [-0.05, 0) is 34.0 Å². The van der Waals surface area contributed by atoms with Crippen LogP contribution in [0.25, 0.3) is 0 Å². The van der Waals surface area contributed by atoms with E-state index in [4.69, 9.17) is 0 Å². The van der Waals surface area contributed by atoms with Gasteiger partial charge in [-0.1, -0.05) is 6.42 Å². The summed E-state index contributed by atoms with van der Waals surface area (Å²) in [5, 5.41) is 3.35. The van der Waals surface area contributed by atoms with Gasteiger partial charge in [0.25, 0.3) is 0 Å². The molecular formula is C8H18N2.